The van der Waals surface area contributed by atoms with Crippen LogP contribution in [0.1, 0.15) is 232 Å². The van der Waals surface area contributed by atoms with E-state index >= 15 is 0 Å². The van der Waals surface area contributed by atoms with Crippen LogP contribution in [0.4, 0.5) is 0 Å². The number of allylic oxidation sites excluding steroid dienone is 18. The molecular weight excluding hydrogens is 789 g/mol. The number of aliphatic hydroxyl groups excluding tert-OH is 1. The second kappa shape index (κ2) is 53.9. The second-order valence-electron chi connectivity index (χ2n) is 17.2. The lowest BCUT2D eigenvalue weighted by atomic mass is 10.0. The minimum absolute atomic E-state index is 0.0759. The molecule has 1 atom stereocenters. The number of esters is 2. The van der Waals surface area contributed by atoms with E-state index in [-0.39, 0.29) is 25.2 Å². The fraction of sp³-hybridized carbons (Fsp3) is 0.661. The number of unbranched alkanes of at least 4 members (excludes halogenated alkanes) is 21. The Morgan fingerprint density at radius 2 is 0.672 bits per heavy atom. The normalized spacial score (nSPS) is 13.1. The van der Waals surface area contributed by atoms with Gasteiger partial charge in [-0.1, -0.05) is 226 Å². The highest BCUT2D eigenvalue weighted by molar-refractivity contribution is 5.70. The minimum atomic E-state index is -0.784. The molecule has 0 aliphatic heterocycles. The van der Waals surface area contributed by atoms with E-state index in [2.05, 4.69) is 123 Å². The predicted octanol–water partition coefficient (Wildman–Crippen LogP) is 17.7. The van der Waals surface area contributed by atoms with Crippen LogP contribution in [-0.2, 0) is 19.1 Å². The first-order chi connectivity index (χ1) is 31.6. The molecule has 0 spiro atoms. The van der Waals surface area contributed by atoms with Crippen molar-refractivity contribution in [3.63, 3.8) is 0 Å². The topological polar surface area (TPSA) is 72.8 Å². The maximum atomic E-state index is 12.3. The Morgan fingerprint density at radius 1 is 0.375 bits per heavy atom. The van der Waals surface area contributed by atoms with Crippen molar-refractivity contribution in [1.29, 1.82) is 0 Å². The number of ether oxygens (including phenoxy) is 2. The molecule has 0 aromatic carbocycles. The van der Waals surface area contributed by atoms with Crippen molar-refractivity contribution in [1.82, 2.24) is 0 Å². The summed E-state index contributed by atoms with van der Waals surface area (Å²) in [5, 5.41) is 9.63. The fourth-order valence-electron chi connectivity index (χ4n) is 7.09. The standard InChI is InChI=1S/C59H98O5/c1-3-5-7-9-11-13-15-17-19-21-22-23-24-25-26-27-28-29-30-31-32-33-34-35-36-38-40-42-44-46-48-50-52-54-59(62)64-57(55-60)56-63-58(61)53-51-49-47-45-43-41-39-37-20-18-16-14-12-10-8-6-4-2/h5,7,11-14,17-20,22-23,25-26,28-29,31-32,57,60H,3-4,6,8-10,15-16,21,24,27,30,33-56H2,1-2H3/b7-5-,13-11-,14-12-,19-17-,20-18-,23-22-,26-25-,29-28-,32-31-. The highest BCUT2D eigenvalue weighted by Gasteiger charge is 2.16. The molecule has 0 aromatic rings. The van der Waals surface area contributed by atoms with Crippen LogP contribution < -0.4 is 0 Å². The van der Waals surface area contributed by atoms with Crippen molar-refractivity contribution in [2.75, 3.05) is 13.2 Å². The van der Waals surface area contributed by atoms with Gasteiger partial charge in [0.25, 0.3) is 0 Å². The van der Waals surface area contributed by atoms with Crippen LogP contribution in [0.15, 0.2) is 109 Å². The molecule has 5 nitrogen and oxygen atoms in total. The molecule has 0 heterocycles. The van der Waals surface area contributed by atoms with Gasteiger partial charge in [-0.05, 0) is 103 Å². The van der Waals surface area contributed by atoms with E-state index in [9.17, 15) is 14.7 Å². The highest BCUT2D eigenvalue weighted by Crippen LogP contribution is 2.14. The third-order valence-corrected chi connectivity index (χ3v) is 11.1. The maximum absolute atomic E-state index is 12.3. The van der Waals surface area contributed by atoms with E-state index in [1.165, 1.54) is 109 Å². The van der Waals surface area contributed by atoms with Crippen LogP contribution in [-0.4, -0.2) is 36.4 Å². The van der Waals surface area contributed by atoms with Crippen molar-refractivity contribution in [2.24, 2.45) is 0 Å². The molecule has 364 valence electrons. The minimum Gasteiger partial charge on any atom is -0.462 e. The van der Waals surface area contributed by atoms with E-state index in [0.717, 1.165) is 96.3 Å². The van der Waals surface area contributed by atoms with Crippen molar-refractivity contribution < 1.29 is 24.2 Å². The summed E-state index contributed by atoms with van der Waals surface area (Å²) >= 11 is 0. The van der Waals surface area contributed by atoms with Crippen LogP contribution in [0.5, 0.6) is 0 Å². The Bertz CT molecular complexity index is 1280. The van der Waals surface area contributed by atoms with Gasteiger partial charge in [0.1, 0.15) is 6.61 Å². The molecule has 0 radical (unpaired) electrons. The monoisotopic (exact) mass is 887 g/mol. The molecule has 0 bridgehead atoms. The van der Waals surface area contributed by atoms with E-state index < -0.39 is 6.10 Å². The molecule has 0 aliphatic rings. The van der Waals surface area contributed by atoms with Crippen LogP contribution in [0.3, 0.4) is 0 Å². The summed E-state index contributed by atoms with van der Waals surface area (Å²) in [6.45, 7) is 3.99. The largest absolute Gasteiger partial charge is 0.462 e. The van der Waals surface area contributed by atoms with E-state index in [1.54, 1.807) is 0 Å². The van der Waals surface area contributed by atoms with Gasteiger partial charge in [0.2, 0.25) is 0 Å². The molecule has 0 saturated heterocycles. The third kappa shape index (κ3) is 51.2. The fourth-order valence-corrected chi connectivity index (χ4v) is 7.09. The van der Waals surface area contributed by atoms with Crippen LogP contribution in [0.25, 0.3) is 0 Å². The first-order valence-corrected chi connectivity index (χ1v) is 26.4. The SMILES string of the molecule is CC/C=C\C/C=C\C/C=C\C/C=C\C/C=C\C/C=C\C/C=C\CCCCCCCCCCCCCC(=O)OC(CO)COC(=O)CCCCCCCCC/C=C\C/C=C\CCCCC. The van der Waals surface area contributed by atoms with Gasteiger partial charge in [0, 0.05) is 12.8 Å². The third-order valence-electron chi connectivity index (χ3n) is 11.1. The van der Waals surface area contributed by atoms with Crippen molar-refractivity contribution in [3.05, 3.63) is 109 Å². The molecule has 0 aromatic heterocycles. The highest BCUT2D eigenvalue weighted by atomic mass is 16.6. The van der Waals surface area contributed by atoms with Gasteiger partial charge >= 0.3 is 11.9 Å². The Labute approximate surface area is 395 Å². The molecule has 0 saturated carbocycles. The number of rotatable bonds is 47. The van der Waals surface area contributed by atoms with Gasteiger partial charge < -0.3 is 14.6 Å². The van der Waals surface area contributed by atoms with Gasteiger partial charge in [-0.2, -0.15) is 0 Å². The van der Waals surface area contributed by atoms with E-state index in [4.69, 9.17) is 9.47 Å². The average Bonchev–Trinajstić information content (AvgIpc) is 3.30. The zero-order chi connectivity index (χ0) is 46.3. The number of hydrogen-bond acceptors (Lipinski definition) is 5. The van der Waals surface area contributed by atoms with E-state index in [0.29, 0.717) is 12.8 Å². The molecule has 5 heteroatoms. The Kier molecular flexibility index (Phi) is 51.0. The van der Waals surface area contributed by atoms with Gasteiger partial charge in [-0.15, -0.1) is 0 Å². The van der Waals surface area contributed by atoms with Gasteiger partial charge in [0.05, 0.1) is 6.61 Å². The zero-order valence-corrected chi connectivity index (χ0v) is 41.5. The van der Waals surface area contributed by atoms with Crippen LogP contribution in [0, 0.1) is 0 Å². The number of carbonyl (C=O) groups excluding carboxylic acids is 2. The first kappa shape index (κ1) is 60.6. The van der Waals surface area contributed by atoms with Gasteiger partial charge in [-0.3, -0.25) is 9.59 Å². The smallest absolute Gasteiger partial charge is 0.306 e. The van der Waals surface area contributed by atoms with Crippen LogP contribution >= 0.6 is 0 Å². The van der Waals surface area contributed by atoms with Crippen molar-refractivity contribution in [3.8, 4) is 0 Å². The zero-order valence-electron chi connectivity index (χ0n) is 41.5. The molecule has 0 fully saturated rings. The number of carbonyl (C=O) groups is 2. The summed E-state index contributed by atoms with van der Waals surface area (Å²) in [6, 6.07) is 0. The number of hydrogen-bond donors (Lipinski definition) is 1. The average molecular weight is 887 g/mol. The quantitative estimate of drug-likeness (QED) is 0.0374. The lowest BCUT2D eigenvalue weighted by Gasteiger charge is -2.15. The predicted molar refractivity (Wildman–Crippen MR) is 279 cm³/mol. The molecule has 0 aliphatic carbocycles. The number of aliphatic hydroxyl groups is 1. The second-order valence-corrected chi connectivity index (χ2v) is 17.2. The summed E-state index contributed by atoms with van der Waals surface area (Å²) < 4.78 is 10.7. The van der Waals surface area contributed by atoms with Gasteiger partial charge in [0.15, 0.2) is 6.10 Å². The molecule has 1 unspecified atom stereocenters. The van der Waals surface area contributed by atoms with Crippen molar-refractivity contribution >= 4 is 11.9 Å². The van der Waals surface area contributed by atoms with Gasteiger partial charge in [-0.25, -0.2) is 0 Å². The molecule has 0 amide bonds. The summed E-state index contributed by atoms with van der Waals surface area (Å²) in [6.07, 6.45) is 77.5. The summed E-state index contributed by atoms with van der Waals surface area (Å²) in [5.41, 5.74) is 0. The van der Waals surface area contributed by atoms with Crippen molar-refractivity contribution in [2.45, 2.75) is 238 Å². The molecule has 1 N–H and O–H groups in total. The molecule has 0 rings (SSSR count). The Hall–Kier alpha value is -3.44. The lowest BCUT2D eigenvalue weighted by molar-refractivity contribution is -0.161. The summed E-state index contributed by atoms with van der Waals surface area (Å²) in [4.78, 5) is 24.5. The molecular formula is C59H98O5. The van der Waals surface area contributed by atoms with E-state index in [1.807, 2.05) is 0 Å². The van der Waals surface area contributed by atoms with Crippen LogP contribution in [0.2, 0.25) is 0 Å². The lowest BCUT2D eigenvalue weighted by Crippen LogP contribution is -2.28. The first-order valence-electron chi connectivity index (χ1n) is 26.4. The summed E-state index contributed by atoms with van der Waals surface area (Å²) in [7, 11) is 0. The Balaban J connectivity index is 3.56. The molecule has 64 heavy (non-hydrogen) atoms. The Morgan fingerprint density at radius 3 is 1.02 bits per heavy atom. The summed E-state index contributed by atoms with van der Waals surface area (Å²) in [5.74, 6) is -0.606. The maximum Gasteiger partial charge on any atom is 0.306 e.